The van der Waals surface area contributed by atoms with Crippen molar-refractivity contribution < 1.29 is 5.11 Å². The average molecular weight is 301 g/mol. The first kappa shape index (κ1) is 14.7. The first-order chi connectivity index (χ1) is 9.93. The predicted octanol–water partition coefficient (Wildman–Crippen LogP) is 4.21. The lowest BCUT2D eigenvalue weighted by atomic mass is 9.98. The van der Waals surface area contributed by atoms with E-state index in [1.807, 2.05) is 5.38 Å². The number of fused-ring (bicyclic) bond motifs is 1. The van der Waals surface area contributed by atoms with Gasteiger partial charge < -0.3 is 5.11 Å². The van der Waals surface area contributed by atoms with E-state index < -0.39 is 6.10 Å². The van der Waals surface area contributed by atoms with Gasteiger partial charge >= 0.3 is 0 Å². The molecule has 21 heavy (non-hydrogen) atoms. The third-order valence-electron chi connectivity index (χ3n) is 4.10. The van der Waals surface area contributed by atoms with Crippen LogP contribution in [0.4, 0.5) is 0 Å². The summed E-state index contributed by atoms with van der Waals surface area (Å²) in [7, 11) is 0. The third-order valence-corrected chi connectivity index (χ3v) is 5.38. The molecular formula is C18H23NOS. The van der Waals surface area contributed by atoms with Gasteiger partial charge in [-0.05, 0) is 36.0 Å². The van der Waals surface area contributed by atoms with Crippen LogP contribution in [0, 0.1) is 0 Å². The fourth-order valence-electron chi connectivity index (χ4n) is 2.86. The summed E-state index contributed by atoms with van der Waals surface area (Å²) in [6.45, 7) is 6.47. The zero-order valence-corrected chi connectivity index (χ0v) is 13.8. The number of nitrogens with zero attached hydrogens (tertiary/aromatic N) is 1. The first-order valence-corrected chi connectivity index (χ1v) is 8.56. The lowest BCUT2D eigenvalue weighted by Gasteiger charge is -2.14. The standard InChI is InChI=1S/C18H23NOS/c1-18(2,3)17-19-15(11-21-17)16(20)10-12-7-8-13-5-4-6-14(13)9-12/h7-9,11,16,20H,4-6,10H2,1-3H3. The zero-order chi connectivity index (χ0) is 15.0. The molecule has 0 aliphatic heterocycles. The largest absolute Gasteiger partial charge is 0.386 e. The van der Waals surface area contributed by atoms with E-state index in [9.17, 15) is 5.11 Å². The van der Waals surface area contributed by atoms with Crippen LogP contribution in [-0.4, -0.2) is 10.1 Å². The Labute approximate surface area is 130 Å². The number of aliphatic hydroxyl groups is 1. The van der Waals surface area contributed by atoms with Gasteiger partial charge in [-0.2, -0.15) is 0 Å². The Morgan fingerprint density at radius 3 is 2.71 bits per heavy atom. The smallest absolute Gasteiger partial charge is 0.101 e. The molecule has 2 aromatic rings. The van der Waals surface area contributed by atoms with E-state index in [2.05, 4.69) is 44.0 Å². The van der Waals surface area contributed by atoms with Gasteiger partial charge in [0.1, 0.15) is 6.10 Å². The molecule has 1 aromatic carbocycles. The molecule has 1 N–H and O–H groups in total. The van der Waals surface area contributed by atoms with Crippen LogP contribution in [0.15, 0.2) is 23.6 Å². The molecule has 1 heterocycles. The van der Waals surface area contributed by atoms with Crippen LogP contribution in [0.2, 0.25) is 0 Å². The van der Waals surface area contributed by atoms with Crippen molar-refractivity contribution in [2.75, 3.05) is 0 Å². The van der Waals surface area contributed by atoms with Gasteiger partial charge in [0.25, 0.3) is 0 Å². The highest BCUT2D eigenvalue weighted by atomic mass is 32.1. The van der Waals surface area contributed by atoms with Gasteiger partial charge in [0.2, 0.25) is 0 Å². The Hall–Kier alpha value is -1.19. The Kier molecular flexibility index (Phi) is 3.89. The van der Waals surface area contributed by atoms with Crippen LogP contribution in [0.3, 0.4) is 0 Å². The van der Waals surface area contributed by atoms with Crippen molar-refractivity contribution in [1.29, 1.82) is 0 Å². The van der Waals surface area contributed by atoms with Crippen molar-refractivity contribution >= 4 is 11.3 Å². The summed E-state index contributed by atoms with van der Waals surface area (Å²) in [6.07, 6.45) is 3.81. The molecule has 0 radical (unpaired) electrons. The van der Waals surface area contributed by atoms with Crippen molar-refractivity contribution in [2.24, 2.45) is 0 Å². The third kappa shape index (κ3) is 3.19. The van der Waals surface area contributed by atoms with Crippen molar-refractivity contribution in [3.63, 3.8) is 0 Å². The maximum absolute atomic E-state index is 10.4. The van der Waals surface area contributed by atoms with Crippen LogP contribution in [0.25, 0.3) is 0 Å². The molecule has 112 valence electrons. The number of aromatic nitrogens is 1. The Bertz CT molecular complexity index is 639. The maximum atomic E-state index is 10.4. The highest BCUT2D eigenvalue weighted by Gasteiger charge is 2.21. The average Bonchev–Trinajstić information content (AvgIpc) is 3.06. The number of hydrogen-bond acceptors (Lipinski definition) is 3. The fourth-order valence-corrected chi connectivity index (χ4v) is 3.82. The minimum absolute atomic E-state index is 0.0518. The van der Waals surface area contributed by atoms with E-state index in [1.165, 1.54) is 36.0 Å². The Morgan fingerprint density at radius 1 is 1.24 bits per heavy atom. The van der Waals surface area contributed by atoms with E-state index in [1.54, 1.807) is 11.3 Å². The van der Waals surface area contributed by atoms with E-state index in [-0.39, 0.29) is 5.41 Å². The van der Waals surface area contributed by atoms with E-state index in [0.29, 0.717) is 6.42 Å². The predicted molar refractivity (Wildman–Crippen MR) is 87.9 cm³/mol. The van der Waals surface area contributed by atoms with Crippen LogP contribution >= 0.6 is 11.3 Å². The van der Waals surface area contributed by atoms with E-state index in [0.717, 1.165) is 10.7 Å². The summed E-state index contributed by atoms with van der Waals surface area (Å²) >= 11 is 1.64. The molecule has 0 saturated heterocycles. The monoisotopic (exact) mass is 301 g/mol. The van der Waals surface area contributed by atoms with Crippen LogP contribution in [-0.2, 0) is 24.7 Å². The minimum Gasteiger partial charge on any atom is -0.386 e. The fraction of sp³-hybridized carbons (Fsp3) is 0.500. The second-order valence-electron chi connectivity index (χ2n) is 7.00. The summed E-state index contributed by atoms with van der Waals surface area (Å²) in [5.74, 6) is 0. The summed E-state index contributed by atoms with van der Waals surface area (Å²) in [4.78, 5) is 4.62. The molecule has 3 rings (SSSR count). The molecule has 0 amide bonds. The topological polar surface area (TPSA) is 33.1 Å². The van der Waals surface area contributed by atoms with Crippen molar-refractivity contribution in [1.82, 2.24) is 4.98 Å². The summed E-state index contributed by atoms with van der Waals surface area (Å²) in [5.41, 5.74) is 5.03. The lowest BCUT2D eigenvalue weighted by Crippen LogP contribution is -2.11. The Morgan fingerprint density at radius 2 is 2.00 bits per heavy atom. The van der Waals surface area contributed by atoms with Gasteiger partial charge in [0.05, 0.1) is 10.7 Å². The Balaban J connectivity index is 1.74. The van der Waals surface area contributed by atoms with Gasteiger partial charge in [-0.25, -0.2) is 4.98 Å². The van der Waals surface area contributed by atoms with Crippen molar-refractivity contribution in [2.45, 2.75) is 58.0 Å². The van der Waals surface area contributed by atoms with Crippen molar-refractivity contribution in [3.05, 3.63) is 51.0 Å². The first-order valence-electron chi connectivity index (χ1n) is 7.68. The van der Waals surface area contributed by atoms with Crippen molar-refractivity contribution in [3.8, 4) is 0 Å². The number of rotatable bonds is 3. The lowest BCUT2D eigenvalue weighted by molar-refractivity contribution is 0.174. The second-order valence-corrected chi connectivity index (χ2v) is 7.86. The van der Waals surface area contributed by atoms with E-state index in [4.69, 9.17) is 0 Å². The molecule has 0 bridgehead atoms. The molecule has 0 fully saturated rings. The quantitative estimate of drug-likeness (QED) is 0.921. The number of thiazole rings is 1. The molecular weight excluding hydrogens is 278 g/mol. The van der Waals surface area contributed by atoms with Gasteiger partial charge in [0, 0.05) is 17.2 Å². The maximum Gasteiger partial charge on any atom is 0.101 e. The van der Waals surface area contributed by atoms with Gasteiger partial charge in [0.15, 0.2) is 0 Å². The second kappa shape index (κ2) is 5.54. The molecule has 1 aliphatic rings. The van der Waals surface area contributed by atoms with E-state index >= 15 is 0 Å². The SMILES string of the molecule is CC(C)(C)c1nc(C(O)Cc2ccc3c(c2)CCC3)cs1. The molecule has 1 aliphatic carbocycles. The normalized spacial score (nSPS) is 16.0. The summed E-state index contributed by atoms with van der Waals surface area (Å²) < 4.78 is 0. The molecule has 0 spiro atoms. The number of aryl methyl sites for hydroxylation is 2. The molecule has 1 aromatic heterocycles. The highest BCUT2D eigenvalue weighted by molar-refractivity contribution is 7.09. The summed E-state index contributed by atoms with van der Waals surface area (Å²) in [6, 6.07) is 6.65. The molecule has 3 heteroatoms. The highest BCUT2D eigenvalue weighted by Crippen LogP contribution is 2.29. The van der Waals surface area contributed by atoms with Crippen LogP contribution < -0.4 is 0 Å². The van der Waals surface area contributed by atoms with Crippen LogP contribution in [0.5, 0.6) is 0 Å². The van der Waals surface area contributed by atoms with Gasteiger partial charge in [-0.1, -0.05) is 39.0 Å². The summed E-state index contributed by atoms with van der Waals surface area (Å²) in [5, 5.41) is 13.5. The number of aliphatic hydroxyl groups excluding tert-OH is 1. The molecule has 1 unspecified atom stereocenters. The molecule has 0 saturated carbocycles. The van der Waals surface area contributed by atoms with Gasteiger partial charge in [-0.15, -0.1) is 11.3 Å². The van der Waals surface area contributed by atoms with Crippen LogP contribution in [0.1, 0.15) is 60.7 Å². The van der Waals surface area contributed by atoms with Gasteiger partial charge in [-0.3, -0.25) is 0 Å². The minimum atomic E-state index is -0.503. The number of benzene rings is 1. The number of hydrogen-bond donors (Lipinski definition) is 1. The molecule has 2 nitrogen and oxygen atoms in total. The zero-order valence-electron chi connectivity index (χ0n) is 13.0. The molecule has 1 atom stereocenters.